The average Bonchev–Trinajstić information content (AvgIpc) is 2.39. The van der Waals surface area contributed by atoms with Crippen molar-refractivity contribution in [1.82, 2.24) is 5.32 Å². The molecule has 0 bridgehead atoms. The lowest BCUT2D eigenvalue weighted by Gasteiger charge is -2.38. The second kappa shape index (κ2) is 10.1. The molecule has 0 heterocycles. The van der Waals surface area contributed by atoms with Gasteiger partial charge in [0.15, 0.2) is 0 Å². The Kier molecular flexibility index (Phi) is 9.28. The Labute approximate surface area is 132 Å². The van der Waals surface area contributed by atoms with Crippen molar-refractivity contribution in [1.29, 1.82) is 0 Å². The molecule has 3 unspecified atom stereocenters. The van der Waals surface area contributed by atoms with E-state index < -0.39 is 0 Å². The third-order valence-electron chi connectivity index (χ3n) is 4.92. The van der Waals surface area contributed by atoms with Crippen molar-refractivity contribution in [3.63, 3.8) is 0 Å². The Morgan fingerprint density at radius 1 is 1.10 bits per heavy atom. The molecule has 1 saturated carbocycles. The summed E-state index contributed by atoms with van der Waals surface area (Å²) in [4.78, 5) is 0. The molecule has 0 amide bonds. The zero-order chi connectivity index (χ0) is 15.0. The van der Waals surface area contributed by atoms with Gasteiger partial charge in [-0.15, -0.1) is 0 Å². The summed E-state index contributed by atoms with van der Waals surface area (Å²) in [6.45, 7) is 14.2. The fourth-order valence-electron chi connectivity index (χ4n) is 3.53. The summed E-state index contributed by atoms with van der Waals surface area (Å²) in [5.41, 5.74) is 0. The van der Waals surface area contributed by atoms with Gasteiger partial charge in [0.05, 0.1) is 0 Å². The van der Waals surface area contributed by atoms with Crippen LogP contribution in [0.3, 0.4) is 0 Å². The van der Waals surface area contributed by atoms with Crippen LogP contribution in [-0.2, 0) is 0 Å². The van der Waals surface area contributed by atoms with E-state index in [1.807, 2.05) is 0 Å². The van der Waals surface area contributed by atoms with Gasteiger partial charge in [-0.1, -0.05) is 34.6 Å². The van der Waals surface area contributed by atoms with Crippen LogP contribution in [-0.4, -0.2) is 24.6 Å². The van der Waals surface area contributed by atoms with Gasteiger partial charge in [-0.3, -0.25) is 0 Å². The fourth-order valence-corrected chi connectivity index (χ4v) is 4.29. The molecule has 1 rings (SSSR count). The molecular weight excluding hydrogens is 262 g/mol. The quantitative estimate of drug-likeness (QED) is 0.597. The minimum atomic E-state index is 0.774. The average molecular weight is 300 g/mol. The summed E-state index contributed by atoms with van der Waals surface area (Å²) >= 11 is 2.12. The molecule has 0 saturated heterocycles. The Bertz CT molecular complexity index is 238. The van der Waals surface area contributed by atoms with Crippen LogP contribution in [0.4, 0.5) is 0 Å². The van der Waals surface area contributed by atoms with Crippen molar-refractivity contribution in [2.45, 2.75) is 60.3 Å². The first kappa shape index (κ1) is 18.4. The number of hydrogen-bond donors (Lipinski definition) is 1. The van der Waals surface area contributed by atoms with Crippen LogP contribution in [0.5, 0.6) is 0 Å². The molecule has 20 heavy (non-hydrogen) atoms. The van der Waals surface area contributed by atoms with Gasteiger partial charge in [0.1, 0.15) is 0 Å². The van der Waals surface area contributed by atoms with Crippen LogP contribution in [0.25, 0.3) is 0 Å². The van der Waals surface area contributed by atoms with Gasteiger partial charge in [0.25, 0.3) is 0 Å². The maximum Gasteiger partial charge on any atom is -0.00177 e. The van der Waals surface area contributed by atoms with Crippen LogP contribution >= 0.6 is 11.8 Å². The van der Waals surface area contributed by atoms with Crippen LogP contribution in [0.1, 0.15) is 60.3 Å². The van der Waals surface area contributed by atoms with E-state index in [1.165, 1.54) is 50.3 Å². The molecule has 1 aliphatic carbocycles. The van der Waals surface area contributed by atoms with Crippen LogP contribution < -0.4 is 5.32 Å². The number of hydrogen-bond acceptors (Lipinski definition) is 2. The molecule has 0 aliphatic heterocycles. The molecule has 2 heteroatoms. The minimum Gasteiger partial charge on any atom is -0.316 e. The van der Waals surface area contributed by atoms with Gasteiger partial charge in [-0.2, -0.15) is 11.8 Å². The molecule has 1 fully saturated rings. The summed E-state index contributed by atoms with van der Waals surface area (Å²) in [5.74, 6) is 7.17. The fraction of sp³-hybridized carbons (Fsp3) is 1.00. The van der Waals surface area contributed by atoms with Crippen molar-refractivity contribution in [2.75, 3.05) is 24.6 Å². The van der Waals surface area contributed by atoms with E-state index in [0.717, 1.165) is 29.6 Å². The smallest absolute Gasteiger partial charge is 0.00177 e. The topological polar surface area (TPSA) is 12.0 Å². The van der Waals surface area contributed by atoms with E-state index >= 15 is 0 Å². The lowest BCUT2D eigenvalue weighted by atomic mass is 9.69. The van der Waals surface area contributed by atoms with E-state index in [0.29, 0.717) is 0 Å². The molecule has 0 aromatic carbocycles. The van der Waals surface area contributed by atoms with E-state index in [9.17, 15) is 0 Å². The number of nitrogens with one attached hydrogen (secondary N) is 1. The Morgan fingerprint density at radius 3 is 2.45 bits per heavy atom. The van der Waals surface area contributed by atoms with Gasteiger partial charge in [-0.05, 0) is 79.9 Å². The lowest BCUT2D eigenvalue weighted by molar-refractivity contribution is 0.142. The van der Waals surface area contributed by atoms with Crippen molar-refractivity contribution in [3.05, 3.63) is 0 Å². The Morgan fingerprint density at radius 2 is 1.85 bits per heavy atom. The highest BCUT2D eigenvalue weighted by molar-refractivity contribution is 7.99. The highest BCUT2D eigenvalue weighted by atomic mass is 32.2. The standard InChI is InChI=1S/C18H37NS/c1-6-20-10-9-17-11-16(15(4)5)7-8-18(17)13-19-12-14(2)3/h14-19H,6-13H2,1-5H3. The summed E-state index contributed by atoms with van der Waals surface area (Å²) in [6.07, 6.45) is 5.84. The van der Waals surface area contributed by atoms with Crippen molar-refractivity contribution < 1.29 is 0 Å². The predicted octanol–water partition coefficient (Wildman–Crippen LogP) is 5.06. The van der Waals surface area contributed by atoms with E-state index in [1.54, 1.807) is 0 Å². The molecule has 0 aromatic rings. The van der Waals surface area contributed by atoms with Gasteiger partial charge in [0.2, 0.25) is 0 Å². The van der Waals surface area contributed by atoms with Gasteiger partial charge < -0.3 is 5.32 Å². The molecule has 0 radical (unpaired) electrons. The summed E-state index contributed by atoms with van der Waals surface area (Å²) < 4.78 is 0. The summed E-state index contributed by atoms with van der Waals surface area (Å²) in [7, 11) is 0. The van der Waals surface area contributed by atoms with Crippen LogP contribution in [0, 0.1) is 29.6 Å². The zero-order valence-corrected chi connectivity index (χ0v) is 15.3. The lowest BCUT2D eigenvalue weighted by Crippen LogP contribution is -2.35. The van der Waals surface area contributed by atoms with Crippen LogP contribution in [0.2, 0.25) is 0 Å². The first-order chi connectivity index (χ1) is 9.54. The SMILES string of the molecule is CCSCCC1CC(C(C)C)CCC1CNCC(C)C. The largest absolute Gasteiger partial charge is 0.316 e. The van der Waals surface area contributed by atoms with E-state index in [2.05, 4.69) is 51.7 Å². The molecule has 0 aromatic heterocycles. The number of rotatable bonds is 9. The monoisotopic (exact) mass is 299 g/mol. The summed E-state index contributed by atoms with van der Waals surface area (Å²) in [6, 6.07) is 0. The highest BCUT2D eigenvalue weighted by Crippen LogP contribution is 2.39. The van der Waals surface area contributed by atoms with Crippen LogP contribution in [0.15, 0.2) is 0 Å². The normalized spacial score (nSPS) is 27.4. The Balaban J connectivity index is 2.43. The second-order valence-electron chi connectivity index (χ2n) is 7.38. The molecule has 1 N–H and O–H groups in total. The first-order valence-electron chi connectivity index (χ1n) is 8.83. The van der Waals surface area contributed by atoms with Crippen molar-refractivity contribution >= 4 is 11.8 Å². The molecule has 3 atom stereocenters. The number of thioether (sulfide) groups is 1. The highest BCUT2D eigenvalue weighted by Gasteiger charge is 2.31. The maximum absolute atomic E-state index is 3.71. The van der Waals surface area contributed by atoms with Gasteiger partial charge >= 0.3 is 0 Å². The van der Waals surface area contributed by atoms with Gasteiger partial charge in [-0.25, -0.2) is 0 Å². The maximum atomic E-state index is 3.71. The first-order valence-corrected chi connectivity index (χ1v) is 9.98. The summed E-state index contributed by atoms with van der Waals surface area (Å²) in [5, 5.41) is 3.71. The molecule has 1 aliphatic rings. The Hall–Kier alpha value is 0.310. The molecular formula is C18H37NS. The van der Waals surface area contributed by atoms with Gasteiger partial charge in [0, 0.05) is 0 Å². The van der Waals surface area contributed by atoms with E-state index in [4.69, 9.17) is 0 Å². The third-order valence-corrected chi connectivity index (χ3v) is 5.85. The minimum absolute atomic E-state index is 0.774. The molecule has 0 spiro atoms. The molecule has 120 valence electrons. The van der Waals surface area contributed by atoms with Crippen molar-refractivity contribution in [3.8, 4) is 0 Å². The molecule has 1 nitrogen and oxygen atoms in total. The zero-order valence-electron chi connectivity index (χ0n) is 14.5. The third kappa shape index (κ3) is 6.85. The van der Waals surface area contributed by atoms with E-state index in [-0.39, 0.29) is 0 Å². The second-order valence-corrected chi connectivity index (χ2v) is 8.77. The van der Waals surface area contributed by atoms with Crippen molar-refractivity contribution in [2.24, 2.45) is 29.6 Å². The predicted molar refractivity (Wildman–Crippen MR) is 94.5 cm³/mol.